The maximum atomic E-state index is 11.7. The van der Waals surface area contributed by atoms with Crippen LogP contribution in [0.4, 0.5) is 0 Å². The number of hydrogen-bond donors (Lipinski definition) is 0. The van der Waals surface area contributed by atoms with Crippen molar-refractivity contribution >= 4 is 22.4 Å². The molecule has 2 aliphatic rings. The van der Waals surface area contributed by atoms with Gasteiger partial charge in [0.25, 0.3) is 6.01 Å². The largest absolute Gasteiger partial charge is 0.463 e. The summed E-state index contributed by atoms with van der Waals surface area (Å²) in [6.45, 7) is 8.14. The van der Waals surface area contributed by atoms with Crippen molar-refractivity contribution in [3.63, 3.8) is 0 Å². The van der Waals surface area contributed by atoms with Crippen molar-refractivity contribution in [2.75, 3.05) is 19.7 Å². The Hall–Kier alpha value is -3.99. The Bertz CT molecular complexity index is 1450. The zero-order chi connectivity index (χ0) is 23.8. The Morgan fingerprint density at radius 3 is 2.91 bits per heavy atom. The highest BCUT2D eigenvalue weighted by atomic mass is 16.5. The zero-order valence-corrected chi connectivity index (χ0v) is 19.6. The van der Waals surface area contributed by atoms with E-state index in [2.05, 4.69) is 12.1 Å². The molecule has 0 radical (unpaired) electrons. The molecule has 0 bridgehead atoms. The van der Waals surface area contributed by atoms with Crippen molar-refractivity contribution in [2.45, 2.75) is 39.8 Å². The second-order valence-corrected chi connectivity index (χ2v) is 8.69. The molecular formula is C26H26N6O2. The maximum Gasteiger partial charge on any atom is 0.298 e. The molecular weight excluding hydrogens is 428 g/mol. The summed E-state index contributed by atoms with van der Waals surface area (Å²) in [6.07, 6.45) is 4.70. The van der Waals surface area contributed by atoms with Gasteiger partial charge in [-0.2, -0.15) is 10.2 Å². The van der Waals surface area contributed by atoms with Crippen LogP contribution in [0.2, 0.25) is 0 Å². The first-order valence-electron chi connectivity index (χ1n) is 11.5. The van der Waals surface area contributed by atoms with Gasteiger partial charge in [0.1, 0.15) is 6.61 Å². The van der Waals surface area contributed by atoms with Crippen LogP contribution in [0.5, 0.6) is 6.01 Å². The number of aromatic nitrogens is 3. The van der Waals surface area contributed by atoms with Gasteiger partial charge >= 0.3 is 0 Å². The molecule has 0 unspecified atom stereocenters. The first-order chi connectivity index (χ1) is 16.5. The van der Waals surface area contributed by atoms with Crippen molar-refractivity contribution in [1.82, 2.24) is 19.4 Å². The van der Waals surface area contributed by atoms with E-state index in [0.29, 0.717) is 36.8 Å². The molecule has 0 spiro atoms. The van der Waals surface area contributed by atoms with Crippen LogP contribution in [0.3, 0.4) is 0 Å². The third kappa shape index (κ3) is 3.83. The Morgan fingerprint density at radius 1 is 1.32 bits per heavy atom. The summed E-state index contributed by atoms with van der Waals surface area (Å²) < 4.78 is 7.78. The van der Waals surface area contributed by atoms with Gasteiger partial charge in [-0.15, -0.1) is 0 Å². The fourth-order valence-corrected chi connectivity index (χ4v) is 4.65. The minimum Gasteiger partial charge on any atom is -0.463 e. The maximum absolute atomic E-state index is 11.7. The van der Waals surface area contributed by atoms with Gasteiger partial charge in [-0.05, 0) is 49.1 Å². The number of pyridine rings is 1. The number of carbonyl (C=O) groups excluding carboxylic acids is 1. The Kier molecular flexibility index (Phi) is 5.62. The summed E-state index contributed by atoms with van der Waals surface area (Å²) in [7, 11) is 0. The van der Waals surface area contributed by atoms with Gasteiger partial charge < -0.3 is 9.64 Å². The number of ether oxygens (including phenoxy) is 1. The van der Waals surface area contributed by atoms with Crippen molar-refractivity contribution in [2.24, 2.45) is 4.99 Å². The van der Waals surface area contributed by atoms with Gasteiger partial charge in [-0.1, -0.05) is 18.2 Å². The van der Waals surface area contributed by atoms with E-state index in [1.807, 2.05) is 53.8 Å². The number of hydrogen-bond acceptors (Lipinski definition) is 6. The molecule has 3 aromatic rings. The predicted molar refractivity (Wildman–Crippen MR) is 128 cm³/mol. The normalized spacial score (nSPS) is 16.6. The van der Waals surface area contributed by atoms with Crippen LogP contribution in [0.1, 0.15) is 48.7 Å². The molecule has 8 heteroatoms. The van der Waals surface area contributed by atoms with Gasteiger partial charge in [0.05, 0.1) is 41.6 Å². The molecule has 1 aromatic carbocycles. The van der Waals surface area contributed by atoms with E-state index in [1.165, 1.54) is 0 Å². The fraction of sp³-hybridized carbons (Fsp3) is 0.346. The van der Waals surface area contributed by atoms with E-state index >= 15 is 0 Å². The molecule has 2 aliphatic heterocycles. The van der Waals surface area contributed by atoms with Gasteiger partial charge in [-0.3, -0.25) is 19.3 Å². The van der Waals surface area contributed by atoms with Crippen LogP contribution in [0.25, 0.3) is 16.5 Å². The van der Waals surface area contributed by atoms with Gasteiger partial charge in [-0.25, -0.2) is 0 Å². The average Bonchev–Trinajstić information content (AvgIpc) is 3.32. The van der Waals surface area contributed by atoms with E-state index in [-0.39, 0.29) is 11.9 Å². The molecule has 2 aromatic heterocycles. The second-order valence-electron chi connectivity index (χ2n) is 8.69. The third-order valence-corrected chi connectivity index (χ3v) is 6.64. The zero-order valence-electron chi connectivity index (χ0n) is 19.6. The molecule has 0 saturated carbocycles. The second kappa shape index (κ2) is 8.75. The lowest BCUT2D eigenvalue weighted by atomic mass is 9.98. The smallest absolute Gasteiger partial charge is 0.298 e. The Labute approximate surface area is 197 Å². The molecule has 0 fully saturated rings. The van der Waals surface area contributed by atoms with E-state index < -0.39 is 0 Å². The number of benzene rings is 1. The number of carbonyl (C=O) groups is 1. The van der Waals surface area contributed by atoms with E-state index in [9.17, 15) is 10.1 Å². The van der Waals surface area contributed by atoms with Gasteiger partial charge in [0.15, 0.2) is 5.49 Å². The topological polar surface area (TPSA) is 96.4 Å². The number of fused-ring (bicyclic) bond motifs is 3. The molecule has 8 nitrogen and oxygen atoms in total. The van der Waals surface area contributed by atoms with Gasteiger partial charge in [0, 0.05) is 25.4 Å². The standard InChI is InChI=1S/C26H26N6O2/c1-16-20(14-27)5-4-6-21(16)17(2)29-25-22-13-23(19-7-9-31(10-8-19)18(3)33)28-15-24(22)32-11-12-34-26(32)30-25/h4-7,13,15,17H,8-12H2,1-3H3/b29-25-/t17-/m1/s1. The summed E-state index contributed by atoms with van der Waals surface area (Å²) >= 11 is 0. The molecule has 0 N–H and O–H groups in total. The molecule has 34 heavy (non-hydrogen) atoms. The predicted octanol–water partition coefficient (Wildman–Crippen LogP) is 3.30. The monoisotopic (exact) mass is 454 g/mol. The minimum atomic E-state index is -0.192. The van der Waals surface area contributed by atoms with E-state index in [1.54, 1.807) is 6.92 Å². The molecule has 1 atom stereocenters. The van der Waals surface area contributed by atoms with Crippen molar-refractivity contribution in [3.05, 3.63) is 64.4 Å². The third-order valence-electron chi connectivity index (χ3n) is 6.64. The molecule has 172 valence electrons. The SMILES string of the molecule is CC(=O)N1CC=C(c2cc3/c(=N/[C@H](C)c4cccc(C#N)c4C)nc4n(c3cn2)CCO4)CC1. The fourth-order valence-electron chi connectivity index (χ4n) is 4.65. The summed E-state index contributed by atoms with van der Waals surface area (Å²) in [5, 5.41) is 10.3. The Balaban J connectivity index is 1.63. The number of nitrogens with zero attached hydrogens (tertiary/aromatic N) is 6. The lowest BCUT2D eigenvalue weighted by Crippen LogP contribution is -2.32. The van der Waals surface area contributed by atoms with Crippen molar-refractivity contribution < 1.29 is 9.53 Å². The van der Waals surface area contributed by atoms with Crippen molar-refractivity contribution in [3.8, 4) is 12.1 Å². The summed E-state index contributed by atoms with van der Waals surface area (Å²) in [6, 6.07) is 10.4. The van der Waals surface area contributed by atoms with Crippen LogP contribution in [0.15, 0.2) is 41.5 Å². The molecule has 0 aliphatic carbocycles. The van der Waals surface area contributed by atoms with E-state index in [0.717, 1.165) is 46.3 Å². The molecule has 5 rings (SSSR count). The average molecular weight is 455 g/mol. The lowest BCUT2D eigenvalue weighted by molar-refractivity contribution is -0.128. The van der Waals surface area contributed by atoms with Crippen LogP contribution >= 0.6 is 0 Å². The first kappa shape index (κ1) is 21.8. The quantitative estimate of drug-likeness (QED) is 0.605. The van der Waals surface area contributed by atoms with E-state index in [4.69, 9.17) is 19.7 Å². The minimum absolute atomic E-state index is 0.0868. The van der Waals surface area contributed by atoms with Gasteiger partial charge in [0.2, 0.25) is 5.91 Å². The highest BCUT2D eigenvalue weighted by Gasteiger charge is 2.20. The first-order valence-corrected chi connectivity index (χ1v) is 11.5. The molecule has 4 heterocycles. The summed E-state index contributed by atoms with van der Waals surface area (Å²) in [5.41, 5.74) is 6.12. The number of amides is 1. The van der Waals surface area contributed by atoms with Crippen LogP contribution in [-0.4, -0.2) is 45.0 Å². The number of nitriles is 1. The molecule has 0 saturated heterocycles. The Morgan fingerprint density at radius 2 is 2.18 bits per heavy atom. The van der Waals surface area contributed by atoms with Crippen molar-refractivity contribution in [1.29, 1.82) is 5.26 Å². The molecule has 1 amide bonds. The van der Waals surface area contributed by atoms with Crippen LogP contribution in [-0.2, 0) is 11.3 Å². The highest BCUT2D eigenvalue weighted by molar-refractivity contribution is 5.82. The number of rotatable bonds is 3. The van der Waals surface area contributed by atoms with Crippen LogP contribution in [0, 0.1) is 18.3 Å². The summed E-state index contributed by atoms with van der Waals surface area (Å²) in [5.74, 6) is 0.0868. The lowest BCUT2D eigenvalue weighted by Gasteiger charge is -2.25. The summed E-state index contributed by atoms with van der Waals surface area (Å²) in [4.78, 5) is 28.0. The van der Waals surface area contributed by atoms with Crippen LogP contribution < -0.4 is 10.2 Å². The highest BCUT2D eigenvalue weighted by Crippen LogP contribution is 2.27.